The molecule has 0 aromatic rings. The standard InChI is InChI=1S/C11H19NO3.C2H6/c1-7(2)8(3)10(13)12-6-4-5-9(12)11(14)15;1-2/h7-9H,4-6H2,1-3H3,(H,14,15);1-2H3. The van der Waals surface area contributed by atoms with Gasteiger partial charge >= 0.3 is 5.97 Å². The van der Waals surface area contributed by atoms with Crippen LogP contribution in [-0.4, -0.2) is 34.5 Å². The van der Waals surface area contributed by atoms with Gasteiger partial charge in [-0.05, 0) is 18.8 Å². The molecule has 100 valence electrons. The van der Waals surface area contributed by atoms with E-state index in [0.29, 0.717) is 13.0 Å². The van der Waals surface area contributed by atoms with E-state index in [9.17, 15) is 9.59 Å². The molecule has 1 amide bonds. The van der Waals surface area contributed by atoms with Crippen LogP contribution in [0, 0.1) is 11.8 Å². The summed E-state index contributed by atoms with van der Waals surface area (Å²) in [5, 5.41) is 8.96. The molecule has 4 nitrogen and oxygen atoms in total. The van der Waals surface area contributed by atoms with E-state index in [1.807, 2.05) is 34.6 Å². The van der Waals surface area contributed by atoms with Crippen molar-refractivity contribution in [3.05, 3.63) is 0 Å². The first-order valence-electron chi connectivity index (χ1n) is 6.48. The van der Waals surface area contributed by atoms with Gasteiger partial charge in [-0.25, -0.2) is 4.79 Å². The van der Waals surface area contributed by atoms with Gasteiger partial charge in [0.25, 0.3) is 0 Å². The van der Waals surface area contributed by atoms with Crippen LogP contribution >= 0.6 is 0 Å². The van der Waals surface area contributed by atoms with E-state index in [-0.39, 0.29) is 17.7 Å². The van der Waals surface area contributed by atoms with Gasteiger partial charge in [0, 0.05) is 12.5 Å². The van der Waals surface area contributed by atoms with Crippen LogP contribution in [0.25, 0.3) is 0 Å². The lowest BCUT2D eigenvalue weighted by molar-refractivity contribution is -0.150. The van der Waals surface area contributed by atoms with Crippen molar-refractivity contribution in [2.75, 3.05) is 6.54 Å². The summed E-state index contributed by atoms with van der Waals surface area (Å²) in [4.78, 5) is 24.4. The Kier molecular flexibility index (Phi) is 6.85. The second-order valence-corrected chi connectivity index (χ2v) is 4.56. The molecule has 0 bridgehead atoms. The fourth-order valence-corrected chi connectivity index (χ4v) is 1.83. The Morgan fingerprint density at radius 2 is 1.76 bits per heavy atom. The zero-order chi connectivity index (χ0) is 13.6. The van der Waals surface area contributed by atoms with E-state index >= 15 is 0 Å². The van der Waals surface area contributed by atoms with E-state index in [0.717, 1.165) is 6.42 Å². The van der Waals surface area contributed by atoms with Crippen molar-refractivity contribution in [3.8, 4) is 0 Å². The lowest BCUT2D eigenvalue weighted by Gasteiger charge is -2.26. The summed E-state index contributed by atoms with van der Waals surface area (Å²) in [6.07, 6.45) is 1.39. The van der Waals surface area contributed by atoms with E-state index in [4.69, 9.17) is 5.11 Å². The Morgan fingerprint density at radius 1 is 1.24 bits per heavy atom. The van der Waals surface area contributed by atoms with Gasteiger partial charge in [-0.15, -0.1) is 0 Å². The highest BCUT2D eigenvalue weighted by Gasteiger charge is 2.36. The van der Waals surface area contributed by atoms with Crippen LogP contribution in [0.5, 0.6) is 0 Å². The van der Waals surface area contributed by atoms with Crippen molar-refractivity contribution in [1.29, 1.82) is 0 Å². The van der Waals surface area contributed by atoms with Crippen molar-refractivity contribution in [2.45, 2.75) is 53.5 Å². The minimum atomic E-state index is -0.878. The molecule has 1 heterocycles. The Morgan fingerprint density at radius 3 is 2.18 bits per heavy atom. The highest BCUT2D eigenvalue weighted by molar-refractivity contribution is 5.85. The summed E-state index contributed by atoms with van der Waals surface area (Å²) in [6.45, 7) is 10.4. The van der Waals surface area contributed by atoms with Crippen LogP contribution in [0.3, 0.4) is 0 Å². The van der Waals surface area contributed by atoms with Crippen LogP contribution in [0.4, 0.5) is 0 Å². The van der Waals surface area contributed by atoms with E-state index in [2.05, 4.69) is 0 Å². The summed E-state index contributed by atoms with van der Waals surface area (Å²) in [6, 6.07) is -0.598. The van der Waals surface area contributed by atoms with Crippen LogP contribution in [0.1, 0.15) is 47.5 Å². The Balaban J connectivity index is 0.00000121. The molecule has 0 aromatic heterocycles. The summed E-state index contributed by atoms with van der Waals surface area (Å²) in [5.41, 5.74) is 0. The van der Waals surface area contributed by atoms with Gasteiger partial charge in [-0.3, -0.25) is 4.79 Å². The number of amides is 1. The number of aliphatic carboxylic acids is 1. The maximum atomic E-state index is 12.0. The molecule has 1 aliphatic rings. The zero-order valence-corrected chi connectivity index (χ0v) is 11.6. The largest absolute Gasteiger partial charge is 0.480 e. The van der Waals surface area contributed by atoms with Crippen molar-refractivity contribution < 1.29 is 14.7 Å². The van der Waals surface area contributed by atoms with Crippen molar-refractivity contribution in [1.82, 2.24) is 4.90 Å². The fourth-order valence-electron chi connectivity index (χ4n) is 1.83. The second-order valence-electron chi connectivity index (χ2n) is 4.56. The molecule has 1 fully saturated rings. The third kappa shape index (κ3) is 4.02. The van der Waals surface area contributed by atoms with Gasteiger partial charge in [0.2, 0.25) is 5.91 Å². The smallest absolute Gasteiger partial charge is 0.326 e. The Hall–Kier alpha value is -1.06. The van der Waals surface area contributed by atoms with Gasteiger partial charge in [-0.2, -0.15) is 0 Å². The molecule has 0 aromatic carbocycles. The molecular formula is C13H25NO3. The summed E-state index contributed by atoms with van der Waals surface area (Å²) < 4.78 is 0. The Bertz CT molecular complexity index is 263. The number of carboxylic acids is 1. The lowest BCUT2D eigenvalue weighted by Crippen LogP contribution is -2.43. The van der Waals surface area contributed by atoms with E-state index in [1.54, 1.807) is 0 Å². The summed E-state index contributed by atoms with van der Waals surface area (Å²) in [5.74, 6) is -0.732. The maximum absolute atomic E-state index is 12.0. The molecule has 2 atom stereocenters. The molecule has 17 heavy (non-hydrogen) atoms. The number of hydrogen-bond donors (Lipinski definition) is 1. The number of rotatable bonds is 3. The number of carbonyl (C=O) groups excluding carboxylic acids is 1. The monoisotopic (exact) mass is 243 g/mol. The highest BCUT2D eigenvalue weighted by atomic mass is 16.4. The molecule has 1 aliphatic heterocycles. The third-order valence-corrected chi connectivity index (χ3v) is 3.21. The molecule has 1 rings (SSSR count). The van der Waals surface area contributed by atoms with Crippen molar-refractivity contribution >= 4 is 11.9 Å². The van der Waals surface area contributed by atoms with E-state index in [1.165, 1.54) is 4.90 Å². The van der Waals surface area contributed by atoms with Gasteiger partial charge < -0.3 is 10.0 Å². The van der Waals surface area contributed by atoms with Gasteiger partial charge in [-0.1, -0.05) is 34.6 Å². The second kappa shape index (κ2) is 7.30. The van der Waals surface area contributed by atoms with Crippen LogP contribution in [-0.2, 0) is 9.59 Å². The molecule has 0 aliphatic carbocycles. The van der Waals surface area contributed by atoms with Crippen LogP contribution < -0.4 is 0 Å². The lowest BCUT2D eigenvalue weighted by atomic mass is 9.96. The predicted molar refractivity (Wildman–Crippen MR) is 67.7 cm³/mol. The summed E-state index contributed by atoms with van der Waals surface area (Å²) in [7, 11) is 0. The molecule has 0 radical (unpaired) electrons. The average molecular weight is 243 g/mol. The van der Waals surface area contributed by atoms with Gasteiger partial charge in [0.1, 0.15) is 6.04 Å². The quantitative estimate of drug-likeness (QED) is 0.828. The third-order valence-electron chi connectivity index (χ3n) is 3.21. The Labute approximate surface area is 104 Å². The molecule has 2 unspecified atom stereocenters. The molecular weight excluding hydrogens is 218 g/mol. The normalized spacial score (nSPS) is 20.8. The van der Waals surface area contributed by atoms with Gasteiger partial charge in [0.15, 0.2) is 0 Å². The van der Waals surface area contributed by atoms with Crippen LogP contribution in [0.15, 0.2) is 0 Å². The molecule has 0 saturated carbocycles. The van der Waals surface area contributed by atoms with Crippen LogP contribution in [0.2, 0.25) is 0 Å². The maximum Gasteiger partial charge on any atom is 0.326 e. The fraction of sp³-hybridized carbons (Fsp3) is 0.846. The minimum Gasteiger partial charge on any atom is -0.480 e. The minimum absolute atomic E-state index is 0.0186. The number of nitrogens with zero attached hydrogens (tertiary/aromatic N) is 1. The first-order chi connectivity index (χ1) is 7.95. The van der Waals surface area contributed by atoms with Crippen molar-refractivity contribution in [3.63, 3.8) is 0 Å². The number of likely N-dealkylation sites (tertiary alicyclic amines) is 1. The highest BCUT2D eigenvalue weighted by Crippen LogP contribution is 2.22. The first kappa shape index (κ1) is 15.9. The number of carbonyl (C=O) groups is 2. The predicted octanol–water partition coefficient (Wildman–Crippen LogP) is 2.38. The molecule has 4 heteroatoms. The molecule has 1 saturated heterocycles. The zero-order valence-electron chi connectivity index (χ0n) is 11.6. The number of hydrogen-bond acceptors (Lipinski definition) is 2. The van der Waals surface area contributed by atoms with E-state index < -0.39 is 12.0 Å². The number of carboxylic acid groups (broad SMARTS) is 1. The SMILES string of the molecule is CC.CC(C)C(C)C(=O)N1CCCC1C(=O)O. The first-order valence-corrected chi connectivity index (χ1v) is 6.48. The molecule has 0 spiro atoms. The van der Waals surface area contributed by atoms with Gasteiger partial charge in [0.05, 0.1) is 0 Å². The molecule has 1 N–H and O–H groups in total. The van der Waals surface area contributed by atoms with Crippen molar-refractivity contribution in [2.24, 2.45) is 11.8 Å². The summed E-state index contributed by atoms with van der Waals surface area (Å²) >= 11 is 0. The topological polar surface area (TPSA) is 57.6 Å². The average Bonchev–Trinajstić information content (AvgIpc) is 2.78.